The van der Waals surface area contributed by atoms with E-state index in [0.717, 1.165) is 5.56 Å². The lowest BCUT2D eigenvalue weighted by molar-refractivity contribution is -0.117. The summed E-state index contributed by atoms with van der Waals surface area (Å²) in [7, 11) is 0. The number of halogens is 2. The summed E-state index contributed by atoms with van der Waals surface area (Å²) in [4.78, 5) is 12.2. The third-order valence-corrected chi connectivity index (χ3v) is 3.53. The van der Waals surface area contributed by atoms with Crippen LogP contribution in [-0.2, 0) is 4.79 Å². The van der Waals surface area contributed by atoms with Crippen molar-refractivity contribution in [3.05, 3.63) is 64.1 Å². The van der Waals surface area contributed by atoms with Crippen LogP contribution in [0.15, 0.2) is 48.5 Å². The Morgan fingerprint density at radius 1 is 1.00 bits per heavy atom. The van der Waals surface area contributed by atoms with Crippen molar-refractivity contribution in [3.63, 3.8) is 0 Å². The molecule has 0 saturated heterocycles. The summed E-state index contributed by atoms with van der Waals surface area (Å²) in [6.07, 6.45) is 0. The standard InChI is InChI=1S/C15H13Cl2NO/c1-10(11-6-3-2-4-7-11)15(19)18-14-12(16)8-5-9-13(14)17/h2-10H,1H3,(H,18,19)/t10-/m1/s1. The highest BCUT2D eigenvalue weighted by atomic mass is 35.5. The number of carbonyl (C=O) groups is 1. The van der Waals surface area contributed by atoms with Gasteiger partial charge in [-0.05, 0) is 24.6 Å². The first-order valence-corrected chi connectivity index (χ1v) is 6.65. The van der Waals surface area contributed by atoms with E-state index in [9.17, 15) is 4.79 Å². The lowest BCUT2D eigenvalue weighted by atomic mass is 10.0. The number of hydrogen-bond donors (Lipinski definition) is 1. The molecule has 0 radical (unpaired) electrons. The van der Waals surface area contributed by atoms with E-state index in [1.807, 2.05) is 37.3 Å². The Morgan fingerprint density at radius 3 is 2.16 bits per heavy atom. The van der Waals surface area contributed by atoms with Gasteiger partial charge in [-0.1, -0.05) is 59.6 Å². The zero-order valence-electron chi connectivity index (χ0n) is 10.4. The minimum Gasteiger partial charge on any atom is -0.323 e. The van der Waals surface area contributed by atoms with E-state index in [1.54, 1.807) is 18.2 Å². The van der Waals surface area contributed by atoms with Gasteiger partial charge < -0.3 is 5.32 Å². The quantitative estimate of drug-likeness (QED) is 0.870. The molecule has 0 heterocycles. The minimum atomic E-state index is -0.270. The molecule has 0 fully saturated rings. The van der Waals surface area contributed by atoms with Gasteiger partial charge in [-0.2, -0.15) is 0 Å². The monoisotopic (exact) mass is 293 g/mol. The van der Waals surface area contributed by atoms with Crippen molar-refractivity contribution >= 4 is 34.8 Å². The van der Waals surface area contributed by atoms with Crippen LogP contribution >= 0.6 is 23.2 Å². The van der Waals surface area contributed by atoms with Crippen molar-refractivity contribution in [1.82, 2.24) is 0 Å². The van der Waals surface area contributed by atoms with Crippen molar-refractivity contribution in [1.29, 1.82) is 0 Å². The van der Waals surface area contributed by atoms with Gasteiger partial charge in [0.25, 0.3) is 0 Å². The maximum Gasteiger partial charge on any atom is 0.231 e. The van der Waals surface area contributed by atoms with Gasteiger partial charge >= 0.3 is 0 Å². The fourth-order valence-corrected chi connectivity index (χ4v) is 2.23. The Balaban J connectivity index is 2.18. The van der Waals surface area contributed by atoms with Gasteiger partial charge in [0.05, 0.1) is 21.7 Å². The van der Waals surface area contributed by atoms with E-state index in [-0.39, 0.29) is 11.8 Å². The van der Waals surface area contributed by atoms with E-state index in [4.69, 9.17) is 23.2 Å². The van der Waals surface area contributed by atoms with Gasteiger partial charge in [-0.3, -0.25) is 4.79 Å². The zero-order chi connectivity index (χ0) is 13.8. The molecule has 2 rings (SSSR count). The molecule has 0 aliphatic heterocycles. The molecule has 0 bridgehead atoms. The van der Waals surface area contributed by atoms with Crippen LogP contribution in [0.3, 0.4) is 0 Å². The molecule has 0 saturated carbocycles. The van der Waals surface area contributed by atoms with Crippen LogP contribution in [0.4, 0.5) is 5.69 Å². The molecule has 0 spiro atoms. The van der Waals surface area contributed by atoms with Crippen LogP contribution in [0, 0.1) is 0 Å². The number of amides is 1. The molecule has 0 aromatic heterocycles. The zero-order valence-corrected chi connectivity index (χ0v) is 11.9. The predicted octanol–water partition coefficient (Wildman–Crippen LogP) is 4.74. The minimum absolute atomic E-state index is 0.138. The summed E-state index contributed by atoms with van der Waals surface area (Å²) < 4.78 is 0. The number of carbonyl (C=O) groups excluding carboxylic acids is 1. The average molecular weight is 294 g/mol. The number of anilines is 1. The van der Waals surface area contributed by atoms with Crippen molar-refractivity contribution in [2.24, 2.45) is 0 Å². The number of para-hydroxylation sites is 1. The van der Waals surface area contributed by atoms with Crippen LogP contribution < -0.4 is 5.32 Å². The molecule has 0 unspecified atom stereocenters. The third-order valence-electron chi connectivity index (χ3n) is 2.90. The fourth-order valence-electron chi connectivity index (χ4n) is 1.74. The van der Waals surface area contributed by atoms with Gasteiger partial charge in [0.2, 0.25) is 5.91 Å². The molecule has 2 nitrogen and oxygen atoms in total. The Morgan fingerprint density at radius 2 is 1.58 bits per heavy atom. The molecular weight excluding hydrogens is 281 g/mol. The van der Waals surface area contributed by atoms with Gasteiger partial charge in [0, 0.05) is 0 Å². The molecular formula is C15H13Cl2NO. The topological polar surface area (TPSA) is 29.1 Å². The average Bonchev–Trinajstić information content (AvgIpc) is 2.43. The van der Waals surface area contributed by atoms with Crippen LogP contribution in [-0.4, -0.2) is 5.91 Å². The van der Waals surface area contributed by atoms with Crippen molar-refractivity contribution in [3.8, 4) is 0 Å². The third kappa shape index (κ3) is 3.28. The van der Waals surface area contributed by atoms with E-state index >= 15 is 0 Å². The Labute approximate surface area is 122 Å². The maximum absolute atomic E-state index is 12.2. The number of rotatable bonds is 3. The molecule has 98 valence electrons. The van der Waals surface area contributed by atoms with Crippen LogP contribution in [0.25, 0.3) is 0 Å². The summed E-state index contributed by atoms with van der Waals surface area (Å²) in [6, 6.07) is 14.7. The molecule has 4 heteroatoms. The second kappa shape index (κ2) is 6.09. The second-order valence-electron chi connectivity index (χ2n) is 4.22. The normalized spacial score (nSPS) is 11.9. The largest absolute Gasteiger partial charge is 0.323 e. The summed E-state index contributed by atoms with van der Waals surface area (Å²) in [5.74, 6) is -0.408. The molecule has 0 aliphatic rings. The number of hydrogen-bond acceptors (Lipinski definition) is 1. The molecule has 1 amide bonds. The van der Waals surface area contributed by atoms with Gasteiger partial charge in [-0.15, -0.1) is 0 Å². The van der Waals surface area contributed by atoms with Crippen LogP contribution in [0.2, 0.25) is 10.0 Å². The first-order chi connectivity index (χ1) is 9.09. The van der Waals surface area contributed by atoms with Gasteiger partial charge in [0.1, 0.15) is 0 Å². The lowest BCUT2D eigenvalue weighted by Gasteiger charge is -2.14. The van der Waals surface area contributed by atoms with Crippen molar-refractivity contribution in [2.45, 2.75) is 12.8 Å². The van der Waals surface area contributed by atoms with Gasteiger partial charge in [0.15, 0.2) is 0 Å². The highest BCUT2D eigenvalue weighted by Crippen LogP contribution is 2.30. The van der Waals surface area contributed by atoms with Crippen molar-refractivity contribution in [2.75, 3.05) is 5.32 Å². The molecule has 2 aromatic rings. The van der Waals surface area contributed by atoms with Gasteiger partial charge in [-0.25, -0.2) is 0 Å². The Bertz CT molecular complexity index is 564. The van der Waals surface area contributed by atoms with Crippen LogP contribution in [0.1, 0.15) is 18.4 Å². The highest BCUT2D eigenvalue weighted by molar-refractivity contribution is 6.39. The van der Waals surface area contributed by atoms with E-state index in [1.165, 1.54) is 0 Å². The predicted molar refractivity (Wildman–Crippen MR) is 79.9 cm³/mol. The second-order valence-corrected chi connectivity index (χ2v) is 5.03. The van der Waals surface area contributed by atoms with E-state index < -0.39 is 0 Å². The van der Waals surface area contributed by atoms with E-state index in [2.05, 4.69) is 5.32 Å². The molecule has 0 aliphatic carbocycles. The van der Waals surface area contributed by atoms with E-state index in [0.29, 0.717) is 15.7 Å². The molecule has 2 aromatic carbocycles. The lowest BCUT2D eigenvalue weighted by Crippen LogP contribution is -2.19. The summed E-state index contributed by atoms with van der Waals surface area (Å²) >= 11 is 12.1. The number of benzene rings is 2. The summed E-state index contributed by atoms with van der Waals surface area (Å²) in [5.41, 5.74) is 1.40. The smallest absolute Gasteiger partial charge is 0.231 e. The first kappa shape index (κ1) is 13.9. The molecule has 1 atom stereocenters. The molecule has 1 N–H and O–H groups in total. The Hall–Kier alpha value is -1.51. The summed E-state index contributed by atoms with van der Waals surface area (Å²) in [6.45, 7) is 1.84. The van der Waals surface area contributed by atoms with Crippen molar-refractivity contribution < 1.29 is 4.79 Å². The highest BCUT2D eigenvalue weighted by Gasteiger charge is 2.17. The summed E-state index contributed by atoms with van der Waals surface area (Å²) in [5, 5.41) is 3.64. The molecule has 19 heavy (non-hydrogen) atoms. The SMILES string of the molecule is C[C@@H](C(=O)Nc1c(Cl)cccc1Cl)c1ccccc1. The Kier molecular flexibility index (Phi) is 4.46. The number of nitrogens with one attached hydrogen (secondary N) is 1. The fraction of sp³-hybridized carbons (Fsp3) is 0.133. The first-order valence-electron chi connectivity index (χ1n) is 5.89. The van der Waals surface area contributed by atoms with Crippen LogP contribution in [0.5, 0.6) is 0 Å². The maximum atomic E-state index is 12.2.